The Labute approximate surface area is 171 Å². The summed E-state index contributed by atoms with van der Waals surface area (Å²) < 4.78 is 7.61. The van der Waals surface area contributed by atoms with Gasteiger partial charge in [-0.3, -0.25) is 14.3 Å². The van der Waals surface area contributed by atoms with Crippen LogP contribution in [-0.4, -0.2) is 45.8 Å². The number of aromatic nitrogens is 4. The van der Waals surface area contributed by atoms with Gasteiger partial charge in [0.1, 0.15) is 15.9 Å². The molecule has 5 rings (SSSR count). The summed E-state index contributed by atoms with van der Waals surface area (Å²) >= 11 is 5.70. The Morgan fingerprint density at radius 3 is 2.62 bits per heavy atom. The van der Waals surface area contributed by atoms with Crippen molar-refractivity contribution in [3.63, 3.8) is 0 Å². The first-order valence-corrected chi connectivity index (χ1v) is 9.88. The molecule has 1 aliphatic heterocycles. The molecule has 0 spiro atoms. The highest BCUT2D eigenvalue weighted by Gasteiger charge is 2.18. The smallest absolute Gasteiger partial charge is 0.264 e. The number of fused-ring (bicyclic) bond motifs is 2. The molecule has 0 atom stereocenters. The summed E-state index contributed by atoms with van der Waals surface area (Å²) in [4.78, 5) is 27.0. The normalized spacial score (nSPS) is 14.6. The summed E-state index contributed by atoms with van der Waals surface area (Å²) in [6, 6.07) is 14.2. The number of anilines is 1. The molecule has 0 saturated carbocycles. The fourth-order valence-corrected chi connectivity index (χ4v) is 4.15. The minimum Gasteiger partial charge on any atom is -0.378 e. The molecule has 0 aliphatic carbocycles. The molecule has 29 heavy (non-hydrogen) atoms. The molecule has 1 N–H and O–H groups in total. The van der Waals surface area contributed by atoms with Crippen molar-refractivity contribution in [3.8, 4) is 5.69 Å². The number of rotatable bonds is 2. The van der Waals surface area contributed by atoms with E-state index in [9.17, 15) is 4.79 Å². The highest BCUT2D eigenvalue weighted by molar-refractivity contribution is 7.71. The van der Waals surface area contributed by atoms with Crippen LogP contribution in [0, 0.1) is 11.6 Å². The first kappa shape index (κ1) is 18.0. The third kappa shape index (κ3) is 3.10. The fraction of sp³-hybridized carbons (Fsp3) is 0.238. The van der Waals surface area contributed by atoms with E-state index in [2.05, 4.69) is 33.2 Å². The van der Waals surface area contributed by atoms with Gasteiger partial charge in [-0.25, -0.2) is 4.98 Å². The lowest BCUT2D eigenvalue weighted by atomic mass is 10.1. The van der Waals surface area contributed by atoms with E-state index < -0.39 is 0 Å². The molecule has 7 nitrogen and oxygen atoms in total. The Morgan fingerprint density at radius 1 is 1.07 bits per heavy atom. The lowest BCUT2D eigenvalue weighted by Gasteiger charge is -2.27. The van der Waals surface area contributed by atoms with Crippen molar-refractivity contribution >= 4 is 40.0 Å². The van der Waals surface area contributed by atoms with Gasteiger partial charge in [0.05, 0.1) is 13.2 Å². The van der Waals surface area contributed by atoms with Crippen LogP contribution in [0.25, 0.3) is 27.5 Å². The summed E-state index contributed by atoms with van der Waals surface area (Å²) in [5.41, 5.74) is 0.968. The van der Waals surface area contributed by atoms with Crippen molar-refractivity contribution in [1.29, 1.82) is 0 Å². The summed E-state index contributed by atoms with van der Waals surface area (Å²) in [7, 11) is 0. The second-order valence-electron chi connectivity index (χ2n) is 7.02. The molecule has 0 amide bonds. The molecule has 0 bridgehead atoms. The zero-order valence-corrected chi connectivity index (χ0v) is 16.7. The standard InChI is InChI=1S/C21H19N5O2S/c1-13-22-18-17(19(27)24-21(23-18)25-8-10-28-11-9-25)20(29)26(13)16-7-6-14-4-2-3-5-15(14)12-16/h2-7,12H,8-11H2,1H3,(H,23,24,27). The van der Waals surface area contributed by atoms with Crippen molar-refractivity contribution < 1.29 is 4.74 Å². The van der Waals surface area contributed by atoms with Gasteiger partial charge in [0, 0.05) is 18.8 Å². The van der Waals surface area contributed by atoms with Gasteiger partial charge < -0.3 is 9.64 Å². The first-order valence-electron chi connectivity index (χ1n) is 9.47. The molecule has 2 aromatic carbocycles. The highest BCUT2D eigenvalue weighted by Crippen LogP contribution is 2.22. The summed E-state index contributed by atoms with van der Waals surface area (Å²) in [6.07, 6.45) is 0. The van der Waals surface area contributed by atoms with E-state index in [1.54, 1.807) is 0 Å². The second-order valence-corrected chi connectivity index (χ2v) is 7.41. The average molecular weight is 405 g/mol. The van der Waals surface area contributed by atoms with E-state index in [1.807, 2.05) is 40.7 Å². The predicted octanol–water partition coefficient (Wildman–Crippen LogP) is 3.14. The van der Waals surface area contributed by atoms with Crippen LogP contribution in [0.2, 0.25) is 0 Å². The predicted molar refractivity (Wildman–Crippen MR) is 116 cm³/mol. The lowest BCUT2D eigenvalue weighted by molar-refractivity contribution is 0.122. The van der Waals surface area contributed by atoms with Crippen molar-refractivity contribution in [2.45, 2.75) is 6.92 Å². The van der Waals surface area contributed by atoms with Crippen molar-refractivity contribution in [2.75, 3.05) is 31.2 Å². The number of hydrogen-bond donors (Lipinski definition) is 1. The number of aryl methyl sites for hydroxylation is 1. The molecule has 0 radical (unpaired) electrons. The Balaban J connectivity index is 1.70. The van der Waals surface area contributed by atoms with Crippen LogP contribution in [0.15, 0.2) is 47.3 Å². The Hall–Kier alpha value is -3.10. The largest absolute Gasteiger partial charge is 0.378 e. The van der Waals surface area contributed by atoms with Gasteiger partial charge in [-0.1, -0.05) is 42.5 Å². The maximum absolute atomic E-state index is 12.9. The molecule has 146 valence electrons. The topological polar surface area (TPSA) is 76.0 Å². The fourth-order valence-electron chi connectivity index (χ4n) is 3.73. The van der Waals surface area contributed by atoms with E-state index in [0.29, 0.717) is 53.8 Å². The summed E-state index contributed by atoms with van der Waals surface area (Å²) in [6.45, 7) is 4.45. The number of benzene rings is 2. The maximum atomic E-state index is 12.9. The molecule has 1 saturated heterocycles. The second kappa shape index (κ2) is 7.06. The van der Waals surface area contributed by atoms with Gasteiger partial charge in [-0.2, -0.15) is 4.98 Å². The van der Waals surface area contributed by atoms with Gasteiger partial charge in [-0.05, 0) is 29.8 Å². The van der Waals surface area contributed by atoms with Gasteiger partial charge >= 0.3 is 0 Å². The number of H-pyrrole nitrogens is 1. The zero-order chi connectivity index (χ0) is 20.0. The Kier molecular flexibility index (Phi) is 4.37. The SMILES string of the molecule is Cc1nc2nc(N3CCOCC3)[nH]c(=O)c2c(=S)n1-c1ccc2ccccc2c1. The van der Waals surface area contributed by atoms with E-state index in [1.165, 1.54) is 0 Å². The van der Waals surface area contributed by atoms with Crippen LogP contribution >= 0.6 is 12.2 Å². The number of nitrogens with one attached hydrogen (secondary N) is 1. The van der Waals surface area contributed by atoms with Crippen LogP contribution in [-0.2, 0) is 4.74 Å². The molecule has 1 fully saturated rings. The van der Waals surface area contributed by atoms with Crippen LogP contribution in [0.4, 0.5) is 5.95 Å². The minimum atomic E-state index is -0.275. The quantitative estimate of drug-likeness (QED) is 0.517. The van der Waals surface area contributed by atoms with Crippen LogP contribution in [0.1, 0.15) is 5.82 Å². The summed E-state index contributed by atoms with van der Waals surface area (Å²) in [5, 5.41) is 2.57. The van der Waals surface area contributed by atoms with Crippen LogP contribution in [0.5, 0.6) is 0 Å². The molecule has 0 unspecified atom stereocenters. The van der Waals surface area contributed by atoms with Crippen LogP contribution < -0.4 is 10.5 Å². The van der Waals surface area contributed by atoms with Crippen molar-refractivity contribution in [2.24, 2.45) is 0 Å². The molecular weight excluding hydrogens is 386 g/mol. The number of hydrogen-bond acceptors (Lipinski definition) is 6. The Morgan fingerprint density at radius 2 is 1.83 bits per heavy atom. The lowest BCUT2D eigenvalue weighted by Crippen LogP contribution is -2.38. The van der Waals surface area contributed by atoms with E-state index in [-0.39, 0.29) is 5.56 Å². The monoisotopic (exact) mass is 405 g/mol. The molecule has 1 aliphatic rings. The molecular formula is C21H19N5O2S. The summed E-state index contributed by atoms with van der Waals surface area (Å²) in [5.74, 6) is 1.19. The molecule has 2 aromatic heterocycles. The van der Waals surface area contributed by atoms with Crippen LogP contribution in [0.3, 0.4) is 0 Å². The highest BCUT2D eigenvalue weighted by atomic mass is 32.1. The first-order chi connectivity index (χ1) is 14.1. The maximum Gasteiger partial charge on any atom is 0.264 e. The third-order valence-corrected chi connectivity index (χ3v) is 5.58. The van der Waals surface area contributed by atoms with E-state index in [4.69, 9.17) is 17.0 Å². The number of aromatic amines is 1. The van der Waals surface area contributed by atoms with Gasteiger partial charge in [-0.15, -0.1) is 0 Å². The van der Waals surface area contributed by atoms with E-state index >= 15 is 0 Å². The third-order valence-electron chi connectivity index (χ3n) is 5.20. The average Bonchev–Trinajstić information content (AvgIpc) is 2.73. The van der Waals surface area contributed by atoms with Gasteiger partial charge in [0.2, 0.25) is 5.95 Å². The Bertz CT molecular complexity index is 1360. The van der Waals surface area contributed by atoms with Gasteiger partial charge in [0.15, 0.2) is 5.65 Å². The molecule has 4 aromatic rings. The number of morpholine rings is 1. The van der Waals surface area contributed by atoms with Crippen molar-refractivity contribution in [3.05, 3.63) is 63.3 Å². The number of ether oxygens (including phenoxy) is 1. The van der Waals surface area contributed by atoms with E-state index in [0.717, 1.165) is 16.5 Å². The number of nitrogens with zero attached hydrogens (tertiary/aromatic N) is 4. The van der Waals surface area contributed by atoms with Crippen molar-refractivity contribution in [1.82, 2.24) is 19.5 Å². The van der Waals surface area contributed by atoms with Gasteiger partial charge in [0.25, 0.3) is 5.56 Å². The minimum absolute atomic E-state index is 0.275. The zero-order valence-electron chi connectivity index (χ0n) is 15.9. The molecule has 8 heteroatoms. The molecule has 3 heterocycles.